The third-order valence-corrected chi connectivity index (χ3v) is 4.95. The lowest BCUT2D eigenvalue weighted by Gasteiger charge is -2.13. The van der Waals surface area contributed by atoms with Crippen LogP contribution >= 0.6 is 11.6 Å². The summed E-state index contributed by atoms with van der Waals surface area (Å²) in [5, 5.41) is 8.14. The van der Waals surface area contributed by atoms with Gasteiger partial charge in [-0.05, 0) is 37.5 Å². The first-order valence-corrected chi connectivity index (χ1v) is 9.21. The number of nitrogens with zero attached hydrogens (tertiary/aromatic N) is 3. The predicted molar refractivity (Wildman–Crippen MR) is 104 cm³/mol. The predicted octanol–water partition coefficient (Wildman–Crippen LogP) is 3.05. The van der Waals surface area contributed by atoms with Gasteiger partial charge >= 0.3 is 0 Å². The van der Waals surface area contributed by atoms with Crippen LogP contribution in [0.25, 0.3) is 16.9 Å². The van der Waals surface area contributed by atoms with Crippen LogP contribution in [0.5, 0.6) is 0 Å². The fraction of sp³-hybridized carbons (Fsp3) is 0.316. The Labute approximate surface area is 161 Å². The van der Waals surface area contributed by atoms with Crippen LogP contribution in [0.1, 0.15) is 28.8 Å². The van der Waals surface area contributed by atoms with Crippen LogP contribution in [-0.2, 0) is 4.74 Å². The molecule has 1 amide bonds. The Morgan fingerprint density at radius 1 is 1.44 bits per heavy atom. The van der Waals surface area contributed by atoms with Gasteiger partial charge < -0.3 is 15.8 Å². The summed E-state index contributed by atoms with van der Waals surface area (Å²) < 4.78 is 7.37. The van der Waals surface area contributed by atoms with Gasteiger partial charge in [-0.25, -0.2) is 9.50 Å². The van der Waals surface area contributed by atoms with Gasteiger partial charge in [-0.1, -0.05) is 17.7 Å². The quantitative estimate of drug-likeness (QED) is 0.703. The zero-order valence-electron chi connectivity index (χ0n) is 14.9. The molecule has 1 aliphatic heterocycles. The molecule has 0 spiro atoms. The molecule has 1 atom stereocenters. The second-order valence-electron chi connectivity index (χ2n) is 6.67. The molecule has 3 heterocycles. The number of aryl methyl sites for hydroxylation is 1. The molecule has 1 saturated heterocycles. The molecule has 0 aliphatic carbocycles. The van der Waals surface area contributed by atoms with Crippen molar-refractivity contribution in [1.29, 1.82) is 0 Å². The lowest BCUT2D eigenvalue weighted by molar-refractivity contribution is 0.0999. The third-order valence-electron chi connectivity index (χ3n) is 4.77. The molecule has 1 aromatic carbocycles. The number of imidazole rings is 1. The monoisotopic (exact) mass is 385 g/mol. The highest BCUT2D eigenvalue weighted by Gasteiger charge is 2.18. The number of benzene rings is 1. The van der Waals surface area contributed by atoms with E-state index >= 15 is 0 Å². The summed E-state index contributed by atoms with van der Waals surface area (Å²) in [6, 6.07) is 7.21. The summed E-state index contributed by atoms with van der Waals surface area (Å²) in [6.45, 7) is 3.36. The van der Waals surface area contributed by atoms with Gasteiger partial charge in [0.2, 0.25) is 5.91 Å². The molecule has 7 nitrogen and oxygen atoms in total. The smallest absolute Gasteiger partial charge is 0.248 e. The first-order chi connectivity index (χ1) is 13.0. The van der Waals surface area contributed by atoms with Gasteiger partial charge in [0.15, 0.2) is 10.8 Å². The Morgan fingerprint density at radius 3 is 3.00 bits per heavy atom. The zero-order valence-corrected chi connectivity index (χ0v) is 15.7. The molecular formula is C19H20ClN5O2. The number of halogens is 1. The van der Waals surface area contributed by atoms with Gasteiger partial charge in [0.25, 0.3) is 0 Å². The van der Waals surface area contributed by atoms with Crippen LogP contribution < -0.4 is 11.1 Å². The fourth-order valence-electron chi connectivity index (χ4n) is 3.39. The third kappa shape index (κ3) is 3.48. The summed E-state index contributed by atoms with van der Waals surface area (Å²) >= 11 is 6.24. The standard InChI is InChI=1S/C19H20ClN5O2/c1-11-7-12(4-5-14(11)18(21)26)16-10-23-19-15(8-17(20)24-25(16)19)22-9-13-3-2-6-27-13/h4-5,7-8,10,13,22H,2-3,6,9H2,1H3,(H2,21,26). The summed E-state index contributed by atoms with van der Waals surface area (Å²) in [4.78, 5) is 16.0. The van der Waals surface area contributed by atoms with Crippen molar-refractivity contribution in [2.45, 2.75) is 25.9 Å². The number of primary amides is 1. The number of carbonyl (C=O) groups is 1. The minimum Gasteiger partial charge on any atom is -0.379 e. The van der Waals surface area contributed by atoms with Crippen LogP contribution in [-0.4, -0.2) is 39.8 Å². The molecule has 8 heteroatoms. The summed E-state index contributed by atoms with van der Waals surface area (Å²) in [7, 11) is 0. The normalized spacial score (nSPS) is 16.7. The van der Waals surface area contributed by atoms with Crippen molar-refractivity contribution in [3.05, 3.63) is 46.7 Å². The largest absolute Gasteiger partial charge is 0.379 e. The Hall–Kier alpha value is -2.64. The molecule has 0 radical (unpaired) electrons. The molecule has 2 aromatic heterocycles. The number of nitrogens with two attached hydrogens (primary N) is 1. The van der Waals surface area contributed by atoms with Crippen LogP contribution in [0.3, 0.4) is 0 Å². The Balaban J connectivity index is 1.70. The molecule has 1 aliphatic rings. The van der Waals surface area contributed by atoms with Crippen molar-refractivity contribution >= 4 is 28.8 Å². The minimum absolute atomic E-state index is 0.204. The van der Waals surface area contributed by atoms with Crippen LogP contribution in [0.2, 0.25) is 5.15 Å². The fourth-order valence-corrected chi connectivity index (χ4v) is 3.58. The van der Waals surface area contributed by atoms with Crippen molar-refractivity contribution in [2.24, 2.45) is 5.73 Å². The molecule has 140 valence electrons. The number of hydrogen-bond acceptors (Lipinski definition) is 5. The molecular weight excluding hydrogens is 366 g/mol. The number of nitrogens with one attached hydrogen (secondary N) is 1. The number of fused-ring (bicyclic) bond motifs is 1. The van der Waals surface area contributed by atoms with Crippen LogP contribution in [0, 0.1) is 6.92 Å². The van der Waals surface area contributed by atoms with Gasteiger partial charge in [0, 0.05) is 30.3 Å². The first-order valence-electron chi connectivity index (χ1n) is 8.83. The van der Waals surface area contributed by atoms with Crippen LogP contribution in [0.4, 0.5) is 5.69 Å². The van der Waals surface area contributed by atoms with Gasteiger partial charge in [0.1, 0.15) is 0 Å². The van der Waals surface area contributed by atoms with Gasteiger partial charge in [-0.15, -0.1) is 0 Å². The van der Waals surface area contributed by atoms with E-state index in [-0.39, 0.29) is 6.10 Å². The number of rotatable bonds is 5. The summed E-state index contributed by atoms with van der Waals surface area (Å²) in [5.74, 6) is -0.445. The first kappa shape index (κ1) is 17.8. The van der Waals surface area contributed by atoms with Crippen molar-refractivity contribution in [1.82, 2.24) is 14.6 Å². The van der Waals surface area contributed by atoms with E-state index in [1.54, 1.807) is 22.8 Å². The highest BCUT2D eigenvalue weighted by atomic mass is 35.5. The zero-order chi connectivity index (χ0) is 19.0. The average molecular weight is 386 g/mol. The highest BCUT2D eigenvalue weighted by molar-refractivity contribution is 6.29. The Kier molecular flexibility index (Phi) is 4.72. The number of aromatic nitrogens is 3. The maximum Gasteiger partial charge on any atom is 0.248 e. The van der Waals surface area contributed by atoms with Crippen molar-refractivity contribution in [3.63, 3.8) is 0 Å². The average Bonchev–Trinajstić information content (AvgIpc) is 3.28. The van der Waals surface area contributed by atoms with Crippen LogP contribution in [0.15, 0.2) is 30.5 Å². The maximum absolute atomic E-state index is 11.5. The Morgan fingerprint density at radius 2 is 2.30 bits per heavy atom. The van der Waals surface area contributed by atoms with E-state index in [0.29, 0.717) is 22.9 Å². The van der Waals surface area contributed by atoms with Crippen molar-refractivity contribution in [2.75, 3.05) is 18.5 Å². The topological polar surface area (TPSA) is 94.5 Å². The second kappa shape index (κ2) is 7.17. The molecule has 1 unspecified atom stereocenters. The van der Waals surface area contributed by atoms with E-state index in [1.165, 1.54) is 0 Å². The second-order valence-corrected chi connectivity index (χ2v) is 7.06. The maximum atomic E-state index is 11.5. The highest BCUT2D eigenvalue weighted by Crippen LogP contribution is 2.27. The number of hydrogen-bond donors (Lipinski definition) is 2. The summed E-state index contributed by atoms with van der Waals surface area (Å²) in [6.07, 6.45) is 4.09. The Bertz CT molecular complexity index is 1010. The number of carbonyl (C=O) groups excluding carboxylic acids is 1. The van der Waals surface area contributed by atoms with E-state index in [2.05, 4.69) is 15.4 Å². The van der Waals surface area contributed by atoms with Gasteiger partial charge in [0.05, 0.1) is 23.7 Å². The molecule has 3 aromatic rings. The lowest BCUT2D eigenvalue weighted by atomic mass is 10.0. The lowest BCUT2D eigenvalue weighted by Crippen LogP contribution is -2.19. The van der Waals surface area contributed by atoms with E-state index in [1.807, 2.05) is 19.1 Å². The molecule has 3 N–H and O–H groups in total. The molecule has 1 fully saturated rings. The summed E-state index contributed by atoms with van der Waals surface area (Å²) in [5.41, 5.74) is 9.85. The number of ether oxygens (including phenoxy) is 1. The van der Waals surface area contributed by atoms with Crippen molar-refractivity contribution < 1.29 is 9.53 Å². The molecule has 4 rings (SSSR count). The van der Waals surface area contributed by atoms with E-state index < -0.39 is 5.91 Å². The molecule has 27 heavy (non-hydrogen) atoms. The van der Waals surface area contributed by atoms with Gasteiger partial charge in [-0.2, -0.15) is 5.10 Å². The van der Waals surface area contributed by atoms with Crippen molar-refractivity contribution in [3.8, 4) is 11.3 Å². The number of anilines is 1. The number of amides is 1. The SMILES string of the molecule is Cc1cc(-c2cnc3c(NCC4CCCO4)cc(Cl)nn23)ccc1C(N)=O. The minimum atomic E-state index is -0.445. The molecule has 0 bridgehead atoms. The molecule has 0 saturated carbocycles. The van der Waals surface area contributed by atoms with Gasteiger partial charge in [-0.3, -0.25) is 4.79 Å². The van der Waals surface area contributed by atoms with E-state index in [4.69, 9.17) is 22.1 Å². The van der Waals surface area contributed by atoms with E-state index in [0.717, 1.165) is 42.0 Å². The van der Waals surface area contributed by atoms with E-state index in [9.17, 15) is 4.79 Å².